The molecule has 0 aliphatic carbocycles. The van der Waals surface area contributed by atoms with Crippen molar-refractivity contribution in [2.24, 2.45) is 11.8 Å². The van der Waals surface area contributed by atoms with Crippen LogP contribution in [0.2, 0.25) is 0 Å². The van der Waals surface area contributed by atoms with Gasteiger partial charge in [0.1, 0.15) is 0 Å². The minimum Gasteiger partial charge on any atom is -0.310 e. The van der Waals surface area contributed by atoms with Crippen molar-refractivity contribution < 1.29 is 0 Å². The predicted molar refractivity (Wildman–Crippen MR) is 94.7 cm³/mol. The highest BCUT2D eigenvalue weighted by Gasteiger charge is 2.09. The molecule has 0 amide bonds. The third-order valence-electron chi connectivity index (χ3n) is 4.38. The summed E-state index contributed by atoms with van der Waals surface area (Å²) >= 11 is 0. The van der Waals surface area contributed by atoms with E-state index >= 15 is 0 Å². The first-order chi connectivity index (χ1) is 10.1. The molecule has 0 aliphatic rings. The van der Waals surface area contributed by atoms with E-state index in [4.69, 9.17) is 0 Å². The summed E-state index contributed by atoms with van der Waals surface area (Å²) in [7, 11) is 0. The molecule has 2 unspecified atom stereocenters. The third kappa shape index (κ3) is 7.13. The number of benzene rings is 1. The van der Waals surface area contributed by atoms with Crippen molar-refractivity contribution in [3.8, 4) is 0 Å². The quantitative estimate of drug-likeness (QED) is 0.578. The largest absolute Gasteiger partial charge is 0.310 e. The molecule has 1 N–H and O–H groups in total. The van der Waals surface area contributed by atoms with Gasteiger partial charge in [-0.3, -0.25) is 0 Å². The Morgan fingerprint density at radius 2 is 1.67 bits per heavy atom. The van der Waals surface area contributed by atoms with Crippen LogP contribution in [-0.4, -0.2) is 6.54 Å². The van der Waals surface area contributed by atoms with Crippen molar-refractivity contribution >= 4 is 0 Å². The van der Waals surface area contributed by atoms with Crippen molar-refractivity contribution in [3.63, 3.8) is 0 Å². The van der Waals surface area contributed by atoms with Crippen LogP contribution >= 0.6 is 0 Å². The molecule has 0 radical (unpaired) electrons. The Labute approximate surface area is 132 Å². The first-order valence-electron chi connectivity index (χ1n) is 8.89. The lowest BCUT2D eigenvalue weighted by atomic mass is 9.97. The summed E-state index contributed by atoms with van der Waals surface area (Å²) in [4.78, 5) is 0. The maximum atomic E-state index is 3.72. The van der Waals surface area contributed by atoms with Crippen LogP contribution in [0.15, 0.2) is 24.3 Å². The van der Waals surface area contributed by atoms with Crippen LogP contribution in [0.1, 0.15) is 77.5 Å². The molecule has 0 saturated carbocycles. The summed E-state index contributed by atoms with van der Waals surface area (Å²) in [5, 5.41) is 3.72. The average molecular weight is 290 g/mol. The lowest BCUT2D eigenvalue weighted by Crippen LogP contribution is -2.25. The molecule has 1 aromatic rings. The molecule has 0 aromatic heterocycles. The fraction of sp³-hybridized carbons (Fsp3) is 0.700. The zero-order valence-corrected chi connectivity index (χ0v) is 14.8. The van der Waals surface area contributed by atoms with E-state index in [1.54, 1.807) is 0 Å². The Morgan fingerprint density at radius 1 is 1.00 bits per heavy atom. The molecule has 0 saturated heterocycles. The fourth-order valence-electron chi connectivity index (χ4n) is 2.82. The van der Waals surface area contributed by atoms with Crippen molar-refractivity contribution in [1.29, 1.82) is 0 Å². The SMILES string of the molecule is CCCCC(CC)CNC(C)c1ccc(CC(C)C)cc1. The van der Waals surface area contributed by atoms with Gasteiger partial charge in [0.25, 0.3) is 0 Å². The van der Waals surface area contributed by atoms with Gasteiger partial charge in [-0.05, 0) is 49.3 Å². The number of hydrogen-bond acceptors (Lipinski definition) is 1. The van der Waals surface area contributed by atoms with E-state index in [1.807, 2.05) is 0 Å². The average Bonchev–Trinajstić information content (AvgIpc) is 2.47. The number of nitrogens with one attached hydrogen (secondary N) is 1. The Morgan fingerprint density at radius 3 is 2.19 bits per heavy atom. The van der Waals surface area contributed by atoms with Crippen molar-refractivity contribution in [1.82, 2.24) is 5.32 Å². The Bertz CT molecular complexity index is 366. The van der Waals surface area contributed by atoms with Crippen molar-refractivity contribution in [2.45, 2.75) is 72.8 Å². The Balaban J connectivity index is 2.45. The normalized spacial score (nSPS) is 14.4. The van der Waals surface area contributed by atoms with E-state index in [0.717, 1.165) is 18.4 Å². The second kappa shape index (κ2) is 10.00. The van der Waals surface area contributed by atoms with Gasteiger partial charge in [0.15, 0.2) is 0 Å². The van der Waals surface area contributed by atoms with Gasteiger partial charge >= 0.3 is 0 Å². The van der Waals surface area contributed by atoms with Gasteiger partial charge in [0, 0.05) is 6.04 Å². The van der Waals surface area contributed by atoms with Crippen LogP contribution < -0.4 is 5.32 Å². The molecular weight excluding hydrogens is 254 g/mol. The summed E-state index contributed by atoms with van der Waals surface area (Å²) in [6.07, 6.45) is 6.49. The van der Waals surface area contributed by atoms with E-state index < -0.39 is 0 Å². The van der Waals surface area contributed by atoms with E-state index in [-0.39, 0.29) is 0 Å². The van der Waals surface area contributed by atoms with Gasteiger partial charge in [0.2, 0.25) is 0 Å². The topological polar surface area (TPSA) is 12.0 Å². The van der Waals surface area contributed by atoms with Gasteiger partial charge in [-0.1, -0.05) is 71.2 Å². The molecular formula is C20H35N. The highest BCUT2D eigenvalue weighted by molar-refractivity contribution is 5.25. The van der Waals surface area contributed by atoms with E-state index in [0.29, 0.717) is 6.04 Å². The molecule has 1 aromatic carbocycles. The molecule has 21 heavy (non-hydrogen) atoms. The Hall–Kier alpha value is -0.820. The highest BCUT2D eigenvalue weighted by atomic mass is 14.9. The number of rotatable bonds is 10. The van der Waals surface area contributed by atoms with Gasteiger partial charge < -0.3 is 5.32 Å². The lowest BCUT2D eigenvalue weighted by Gasteiger charge is -2.20. The second-order valence-electron chi connectivity index (χ2n) is 6.89. The standard InChI is InChI=1S/C20H35N/c1-6-8-9-18(7-2)15-21-17(5)20-12-10-19(11-13-20)14-16(3)4/h10-13,16-18,21H,6-9,14-15H2,1-5H3. The zero-order valence-electron chi connectivity index (χ0n) is 14.8. The summed E-state index contributed by atoms with van der Waals surface area (Å²) in [6.45, 7) is 12.6. The maximum absolute atomic E-state index is 3.72. The highest BCUT2D eigenvalue weighted by Crippen LogP contribution is 2.17. The molecule has 120 valence electrons. The molecule has 0 fully saturated rings. The third-order valence-corrected chi connectivity index (χ3v) is 4.38. The van der Waals surface area contributed by atoms with Crippen LogP contribution in [-0.2, 0) is 6.42 Å². The number of hydrogen-bond donors (Lipinski definition) is 1. The minimum atomic E-state index is 0.453. The van der Waals surface area contributed by atoms with Gasteiger partial charge in [-0.2, -0.15) is 0 Å². The molecule has 0 heterocycles. The van der Waals surface area contributed by atoms with Crippen LogP contribution in [0.25, 0.3) is 0 Å². The first-order valence-corrected chi connectivity index (χ1v) is 8.89. The summed E-state index contributed by atoms with van der Waals surface area (Å²) in [5.74, 6) is 1.56. The molecule has 0 bridgehead atoms. The minimum absolute atomic E-state index is 0.453. The lowest BCUT2D eigenvalue weighted by molar-refractivity contribution is 0.398. The van der Waals surface area contributed by atoms with E-state index in [2.05, 4.69) is 64.2 Å². The van der Waals surface area contributed by atoms with Gasteiger partial charge in [-0.15, -0.1) is 0 Å². The predicted octanol–water partition coefficient (Wildman–Crippen LogP) is 5.75. The van der Waals surface area contributed by atoms with Crippen LogP contribution in [0.5, 0.6) is 0 Å². The zero-order chi connectivity index (χ0) is 15.7. The second-order valence-corrected chi connectivity index (χ2v) is 6.89. The smallest absolute Gasteiger partial charge is 0.0291 e. The molecule has 1 nitrogen and oxygen atoms in total. The van der Waals surface area contributed by atoms with Gasteiger partial charge in [-0.25, -0.2) is 0 Å². The summed E-state index contributed by atoms with van der Waals surface area (Å²) in [6, 6.07) is 9.63. The summed E-state index contributed by atoms with van der Waals surface area (Å²) < 4.78 is 0. The monoisotopic (exact) mass is 289 g/mol. The molecule has 1 heteroatoms. The van der Waals surface area contributed by atoms with E-state index in [1.165, 1.54) is 43.2 Å². The molecule has 0 aliphatic heterocycles. The van der Waals surface area contributed by atoms with Gasteiger partial charge in [0.05, 0.1) is 0 Å². The fourth-order valence-corrected chi connectivity index (χ4v) is 2.82. The van der Waals surface area contributed by atoms with E-state index in [9.17, 15) is 0 Å². The van der Waals surface area contributed by atoms with Crippen LogP contribution in [0, 0.1) is 11.8 Å². The maximum Gasteiger partial charge on any atom is 0.0291 e. The summed E-state index contributed by atoms with van der Waals surface area (Å²) in [5.41, 5.74) is 2.86. The van der Waals surface area contributed by atoms with Crippen LogP contribution in [0.4, 0.5) is 0 Å². The van der Waals surface area contributed by atoms with Crippen LogP contribution in [0.3, 0.4) is 0 Å². The number of unbranched alkanes of at least 4 members (excludes halogenated alkanes) is 1. The van der Waals surface area contributed by atoms with Crippen molar-refractivity contribution in [3.05, 3.63) is 35.4 Å². The molecule has 1 rings (SSSR count). The Kier molecular flexibility index (Phi) is 8.68. The first kappa shape index (κ1) is 18.2. The van der Waals surface area contributed by atoms with Crippen molar-refractivity contribution in [2.75, 3.05) is 6.54 Å². The molecule has 2 atom stereocenters. The molecule has 0 spiro atoms.